The van der Waals surface area contributed by atoms with Crippen molar-refractivity contribution in [3.05, 3.63) is 33.9 Å². The molecule has 25 heavy (non-hydrogen) atoms. The highest BCUT2D eigenvalue weighted by atomic mass is 32.5. The number of amides is 1. The van der Waals surface area contributed by atoms with Crippen molar-refractivity contribution in [2.24, 2.45) is 0 Å². The molecule has 0 aromatic heterocycles. The molecule has 0 aliphatic carbocycles. The van der Waals surface area contributed by atoms with E-state index in [2.05, 4.69) is 0 Å². The van der Waals surface area contributed by atoms with Crippen molar-refractivity contribution in [3.8, 4) is 0 Å². The number of likely N-dealkylation sites (tertiary alicyclic amines) is 1. The number of hydrogen-bond acceptors (Lipinski definition) is 4. The lowest BCUT2D eigenvalue weighted by molar-refractivity contribution is -0.385. The van der Waals surface area contributed by atoms with Crippen molar-refractivity contribution in [3.63, 3.8) is 0 Å². The highest BCUT2D eigenvalue weighted by Gasteiger charge is 2.66. The second-order valence-electron chi connectivity index (χ2n) is 6.10. The van der Waals surface area contributed by atoms with E-state index in [1.54, 1.807) is 14.1 Å². The van der Waals surface area contributed by atoms with Crippen molar-refractivity contribution in [1.82, 2.24) is 9.80 Å². The number of nitrogens with zero attached hydrogens (tertiary/aromatic N) is 3. The average molecular weight is 389 g/mol. The molecule has 1 fully saturated rings. The summed E-state index contributed by atoms with van der Waals surface area (Å²) in [6.45, 7) is 0.413. The zero-order valence-electron chi connectivity index (χ0n) is 13.3. The number of likely N-dealkylation sites (N-methyl/N-ethyl adjacent to an activating group) is 1. The summed E-state index contributed by atoms with van der Waals surface area (Å²) in [6.07, 6.45) is 0.558. The van der Waals surface area contributed by atoms with Crippen LogP contribution in [0.3, 0.4) is 0 Å². The van der Waals surface area contributed by atoms with E-state index in [1.807, 2.05) is 4.90 Å². The number of non-ortho nitro benzene ring substituents is 1. The number of hydrogen-bond donors (Lipinski definition) is 0. The van der Waals surface area contributed by atoms with Crippen LogP contribution in [0.1, 0.15) is 16.8 Å². The van der Waals surface area contributed by atoms with Gasteiger partial charge in [0.1, 0.15) is 4.90 Å². The Hall–Kier alpha value is -1.95. The number of rotatable bonds is 4. The van der Waals surface area contributed by atoms with Crippen LogP contribution in [-0.2, 0) is 0 Å². The van der Waals surface area contributed by atoms with Crippen LogP contribution in [0.5, 0.6) is 0 Å². The quantitative estimate of drug-likeness (QED) is 0.443. The van der Waals surface area contributed by atoms with E-state index in [-0.39, 0.29) is 31.3 Å². The third-order valence-electron chi connectivity index (χ3n) is 3.98. The Bertz CT molecular complexity index is 738. The van der Waals surface area contributed by atoms with Crippen molar-refractivity contribution < 1.29 is 29.1 Å². The molecule has 0 unspecified atom stereocenters. The fourth-order valence-electron chi connectivity index (χ4n) is 2.57. The molecule has 0 N–H and O–H groups in total. The number of benzene rings is 1. The lowest BCUT2D eigenvalue weighted by Crippen LogP contribution is -2.34. The van der Waals surface area contributed by atoms with Gasteiger partial charge in [-0.15, -0.1) is 0 Å². The van der Waals surface area contributed by atoms with Crippen molar-refractivity contribution in [2.45, 2.75) is 17.4 Å². The van der Waals surface area contributed by atoms with E-state index in [0.29, 0.717) is 12.5 Å². The van der Waals surface area contributed by atoms with Crippen LogP contribution in [0.2, 0.25) is 0 Å². The molecule has 1 heterocycles. The first-order valence-electron chi connectivity index (χ1n) is 7.08. The van der Waals surface area contributed by atoms with Gasteiger partial charge in [0.15, 0.2) is 0 Å². The molecule has 0 radical (unpaired) electrons. The van der Waals surface area contributed by atoms with Crippen LogP contribution in [0.25, 0.3) is 0 Å². The number of halogens is 5. The third kappa shape index (κ3) is 4.37. The summed E-state index contributed by atoms with van der Waals surface area (Å²) in [4.78, 5) is 22.5. The maximum atomic E-state index is 13.0. The van der Waals surface area contributed by atoms with Gasteiger partial charge in [-0.05, 0) is 26.6 Å². The normalized spacial score (nSPS) is 21.1. The lowest BCUT2D eigenvalue weighted by Gasteiger charge is -2.40. The smallest absolute Gasteiger partial charge is 0.310 e. The molecule has 6 nitrogen and oxygen atoms in total. The van der Waals surface area contributed by atoms with Crippen LogP contribution >= 0.6 is 10.2 Å². The minimum absolute atomic E-state index is 0.0140. The zero-order valence-corrected chi connectivity index (χ0v) is 14.1. The molecule has 1 aliphatic rings. The first kappa shape index (κ1) is 19.4. The van der Waals surface area contributed by atoms with Gasteiger partial charge in [0.05, 0.1) is 4.92 Å². The molecule has 0 bridgehead atoms. The van der Waals surface area contributed by atoms with Gasteiger partial charge in [-0.25, -0.2) is 0 Å². The second-order valence-corrected chi connectivity index (χ2v) is 8.51. The molecule has 0 spiro atoms. The van der Waals surface area contributed by atoms with E-state index in [4.69, 9.17) is 0 Å². The Labute approximate surface area is 140 Å². The molecule has 1 atom stereocenters. The maximum absolute atomic E-state index is 13.0. The number of carbonyl (C=O) groups excluding carboxylic acids is 1. The molecule has 1 aliphatic heterocycles. The average Bonchev–Trinajstić information content (AvgIpc) is 2.93. The molecule has 142 valence electrons. The Balaban J connectivity index is 2.47. The van der Waals surface area contributed by atoms with Gasteiger partial charge in [0.25, 0.3) is 11.6 Å². The van der Waals surface area contributed by atoms with Crippen molar-refractivity contribution >= 4 is 21.8 Å². The van der Waals surface area contributed by atoms with Crippen LogP contribution in [0, 0.1) is 10.1 Å². The van der Waals surface area contributed by atoms with Crippen LogP contribution in [-0.4, -0.2) is 53.9 Å². The van der Waals surface area contributed by atoms with Crippen LogP contribution in [0.15, 0.2) is 23.1 Å². The number of nitro groups is 1. The van der Waals surface area contributed by atoms with Gasteiger partial charge in [-0.3, -0.25) is 14.9 Å². The predicted molar refractivity (Wildman–Crippen MR) is 82.5 cm³/mol. The summed E-state index contributed by atoms with van der Waals surface area (Å²) in [7, 11) is -6.64. The Morgan fingerprint density at radius 3 is 2.28 bits per heavy atom. The Morgan fingerprint density at radius 1 is 1.24 bits per heavy atom. The summed E-state index contributed by atoms with van der Waals surface area (Å²) in [6, 6.07) is 0.293. The molecule has 1 saturated heterocycles. The molecular formula is C13H16F5N3O3S. The predicted octanol–water partition coefficient (Wildman–Crippen LogP) is 4.03. The molecule has 2 rings (SSSR count). The minimum atomic E-state index is -10.2. The summed E-state index contributed by atoms with van der Waals surface area (Å²) in [5, 5.41) is 10.8. The van der Waals surface area contributed by atoms with Gasteiger partial charge in [-0.1, -0.05) is 19.4 Å². The molecule has 1 aromatic rings. The summed E-state index contributed by atoms with van der Waals surface area (Å²) >= 11 is 0. The molecule has 1 amide bonds. The lowest BCUT2D eigenvalue weighted by atomic mass is 10.2. The van der Waals surface area contributed by atoms with Gasteiger partial charge < -0.3 is 9.80 Å². The summed E-state index contributed by atoms with van der Waals surface area (Å²) < 4.78 is 65.1. The van der Waals surface area contributed by atoms with E-state index >= 15 is 0 Å². The van der Waals surface area contributed by atoms with Crippen molar-refractivity contribution in [2.75, 3.05) is 27.2 Å². The molecular weight excluding hydrogens is 373 g/mol. The Kier molecular flexibility index (Phi) is 4.09. The number of nitro benzene ring substituents is 1. The van der Waals surface area contributed by atoms with Crippen LogP contribution in [0.4, 0.5) is 25.1 Å². The molecule has 0 saturated carbocycles. The van der Waals surface area contributed by atoms with E-state index in [1.165, 1.54) is 4.90 Å². The van der Waals surface area contributed by atoms with E-state index in [0.717, 1.165) is 0 Å². The van der Waals surface area contributed by atoms with Gasteiger partial charge >= 0.3 is 10.2 Å². The van der Waals surface area contributed by atoms with Crippen molar-refractivity contribution in [1.29, 1.82) is 0 Å². The van der Waals surface area contributed by atoms with Gasteiger partial charge in [0.2, 0.25) is 0 Å². The largest absolute Gasteiger partial charge is 0.337 e. The highest BCUT2D eigenvalue weighted by molar-refractivity contribution is 8.45. The Morgan fingerprint density at radius 2 is 1.84 bits per heavy atom. The first-order valence-corrected chi connectivity index (χ1v) is 9.03. The third-order valence-corrected chi connectivity index (χ3v) is 5.10. The zero-order chi connectivity index (χ0) is 19.3. The second kappa shape index (κ2) is 5.27. The summed E-state index contributed by atoms with van der Waals surface area (Å²) in [5.74, 6) is -0.948. The van der Waals surface area contributed by atoms with E-state index < -0.39 is 37.2 Å². The summed E-state index contributed by atoms with van der Waals surface area (Å²) in [5.41, 5.74) is -1.99. The SMILES string of the molecule is CN(C)[C@@H]1CCN(C(=O)c2cc([N+](=O)[O-])cc(S(F)(F)(F)(F)F)c2)C1. The topological polar surface area (TPSA) is 66.7 Å². The van der Waals surface area contributed by atoms with E-state index in [9.17, 15) is 34.3 Å². The van der Waals surface area contributed by atoms with Gasteiger partial charge in [-0.2, -0.15) is 0 Å². The minimum Gasteiger partial charge on any atom is -0.337 e. The monoisotopic (exact) mass is 389 g/mol. The fourth-order valence-corrected chi connectivity index (χ4v) is 3.26. The molecule has 1 aromatic carbocycles. The number of carbonyl (C=O) groups is 1. The maximum Gasteiger partial charge on any atom is 0.310 e. The van der Waals surface area contributed by atoms with Crippen LogP contribution < -0.4 is 0 Å². The van der Waals surface area contributed by atoms with Gasteiger partial charge in [0, 0.05) is 36.8 Å². The first-order chi connectivity index (χ1) is 11.1. The fraction of sp³-hybridized carbons (Fsp3) is 0.462. The molecule has 12 heteroatoms. The highest BCUT2D eigenvalue weighted by Crippen LogP contribution is 3.02. The standard InChI is InChI=1S/C13H16F5N3O3S/c1-19(2)10-3-4-20(8-10)13(22)9-5-11(21(23)24)7-12(6-9)25(14,15,16,17)18/h5-7,10H,3-4,8H2,1-2H3/t10-/m1/s1.